The molecule has 8 nitrogen and oxygen atoms in total. The van der Waals surface area contributed by atoms with E-state index in [9.17, 15) is 9.65 Å². The molecule has 3 N–H and O–H groups in total. The predicted molar refractivity (Wildman–Crippen MR) is 140 cm³/mol. The number of nitrogens with zero attached hydrogens (tertiary/aromatic N) is 5. The molecule has 0 radical (unpaired) electrons. The fraction of sp³-hybridized carbons (Fsp3) is 0.286. The molecule has 2 aliphatic heterocycles. The summed E-state index contributed by atoms with van der Waals surface area (Å²) >= 11 is 0. The molecule has 37 heavy (non-hydrogen) atoms. The summed E-state index contributed by atoms with van der Waals surface area (Å²) in [6, 6.07) is 14.7. The molecule has 4 aromatic rings. The molecule has 4 heterocycles. The second-order valence-electron chi connectivity index (χ2n) is 9.58. The number of rotatable bonds is 3. The second-order valence-corrected chi connectivity index (χ2v) is 9.58. The number of morpholine rings is 1. The van der Waals surface area contributed by atoms with Gasteiger partial charge in [-0.3, -0.25) is 4.98 Å². The van der Waals surface area contributed by atoms with Gasteiger partial charge in [0.25, 0.3) is 0 Å². The highest BCUT2D eigenvalue weighted by Gasteiger charge is 2.34. The molecule has 2 aromatic heterocycles. The third kappa shape index (κ3) is 4.24. The lowest BCUT2D eigenvalue weighted by Crippen LogP contribution is -2.57. The standard InChI is InChI=1S/C28H26FN7O/c1-16-10-19(12-20(29)11-16)27-28(36-8-5-23-24(15-36)37-9-7-32-23)21-13-17(2-3-22(21)34-35-27)26-25(31)18(14-30)4-6-33-26/h2-4,6,10-13,23-24,32H,5,7-9,15,31H2,1H3. The summed E-state index contributed by atoms with van der Waals surface area (Å²) in [6.45, 7) is 4.85. The van der Waals surface area contributed by atoms with Crippen LogP contribution < -0.4 is 16.0 Å². The fourth-order valence-electron chi connectivity index (χ4n) is 5.40. The van der Waals surface area contributed by atoms with E-state index in [1.807, 2.05) is 31.2 Å². The monoisotopic (exact) mass is 495 g/mol. The Morgan fingerprint density at radius 1 is 1.14 bits per heavy atom. The summed E-state index contributed by atoms with van der Waals surface area (Å²) in [5.41, 5.74) is 12.0. The quantitative estimate of drug-likeness (QED) is 0.441. The summed E-state index contributed by atoms with van der Waals surface area (Å²) in [7, 11) is 0. The number of aryl methyl sites for hydroxylation is 1. The molecule has 2 aromatic carbocycles. The Balaban J connectivity index is 1.56. The van der Waals surface area contributed by atoms with Gasteiger partial charge >= 0.3 is 0 Å². The number of hydrogen-bond acceptors (Lipinski definition) is 8. The van der Waals surface area contributed by atoms with Gasteiger partial charge in [-0.2, -0.15) is 5.26 Å². The lowest BCUT2D eigenvalue weighted by atomic mass is 9.96. The molecule has 2 fully saturated rings. The molecule has 6 rings (SSSR count). The van der Waals surface area contributed by atoms with E-state index in [1.165, 1.54) is 12.1 Å². The van der Waals surface area contributed by atoms with Crippen molar-refractivity contribution in [3.63, 3.8) is 0 Å². The third-order valence-corrected chi connectivity index (χ3v) is 7.15. The first-order valence-electron chi connectivity index (χ1n) is 12.3. The smallest absolute Gasteiger partial charge is 0.124 e. The molecule has 0 bridgehead atoms. The number of nitriles is 1. The van der Waals surface area contributed by atoms with E-state index < -0.39 is 0 Å². The van der Waals surface area contributed by atoms with E-state index in [0.29, 0.717) is 52.9 Å². The number of nitrogens with one attached hydrogen (secondary N) is 1. The molecule has 186 valence electrons. The Bertz CT molecular complexity index is 1530. The Hall–Kier alpha value is -4.13. The minimum atomic E-state index is -0.319. The average molecular weight is 496 g/mol. The first kappa shape index (κ1) is 23.3. The maximum atomic E-state index is 14.5. The normalized spacial score (nSPS) is 19.4. The van der Waals surface area contributed by atoms with Gasteiger partial charge in [0, 0.05) is 48.4 Å². The molecule has 2 atom stereocenters. The number of hydrogen-bond donors (Lipinski definition) is 2. The van der Waals surface area contributed by atoms with Crippen LogP contribution in [0.3, 0.4) is 0 Å². The van der Waals surface area contributed by atoms with Crippen LogP contribution in [-0.4, -0.2) is 53.6 Å². The first-order valence-corrected chi connectivity index (χ1v) is 12.3. The van der Waals surface area contributed by atoms with Crippen molar-refractivity contribution in [2.24, 2.45) is 0 Å². The predicted octanol–water partition coefficient (Wildman–Crippen LogP) is 3.83. The zero-order valence-electron chi connectivity index (χ0n) is 20.4. The molecule has 9 heteroatoms. The topological polar surface area (TPSA) is 113 Å². The van der Waals surface area contributed by atoms with Gasteiger partial charge in [0.1, 0.15) is 17.6 Å². The van der Waals surface area contributed by atoms with Gasteiger partial charge < -0.3 is 20.7 Å². The molecule has 2 unspecified atom stereocenters. The molecule has 0 amide bonds. The number of nitrogens with two attached hydrogens (primary N) is 1. The van der Waals surface area contributed by atoms with Gasteiger partial charge in [-0.15, -0.1) is 10.2 Å². The van der Waals surface area contributed by atoms with Crippen molar-refractivity contribution in [2.75, 3.05) is 36.9 Å². The Morgan fingerprint density at radius 3 is 2.86 bits per heavy atom. The highest BCUT2D eigenvalue weighted by molar-refractivity contribution is 6.00. The van der Waals surface area contributed by atoms with E-state index in [1.54, 1.807) is 12.3 Å². The number of halogens is 1. The van der Waals surface area contributed by atoms with E-state index in [0.717, 1.165) is 41.7 Å². The zero-order valence-corrected chi connectivity index (χ0v) is 20.4. The van der Waals surface area contributed by atoms with Crippen molar-refractivity contribution in [3.05, 3.63) is 65.6 Å². The van der Waals surface area contributed by atoms with Crippen molar-refractivity contribution in [1.82, 2.24) is 20.5 Å². The zero-order chi connectivity index (χ0) is 25.5. The third-order valence-electron chi connectivity index (χ3n) is 7.15. The Labute approximate surface area is 213 Å². The van der Waals surface area contributed by atoms with Crippen LogP contribution in [0.15, 0.2) is 48.7 Å². The number of pyridine rings is 1. The molecule has 0 saturated carbocycles. The first-order chi connectivity index (χ1) is 18.0. The molecular weight excluding hydrogens is 469 g/mol. The van der Waals surface area contributed by atoms with Gasteiger partial charge in [0.2, 0.25) is 0 Å². The lowest BCUT2D eigenvalue weighted by molar-refractivity contribution is -0.00897. The van der Waals surface area contributed by atoms with Gasteiger partial charge in [-0.1, -0.05) is 6.07 Å². The number of nitrogen functional groups attached to an aromatic ring is 1. The number of anilines is 2. The number of aromatic nitrogens is 3. The number of benzene rings is 2. The van der Waals surface area contributed by atoms with Crippen LogP contribution in [0.2, 0.25) is 0 Å². The molecular formula is C28H26FN7O. The van der Waals surface area contributed by atoms with E-state index in [2.05, 4.69) is 31.5 Å². The number of ether oxygens (including phenoxy) is 1. The Morgan fingerprint density at radius 2 is 2.03 bits per heavy atom. The number of piperidine rings is 1. The summed E-state index contributed by atoms with van der Waals surface area (Å²) in [5, 5.41) is 23.0. The summed E-state index contributed by atoms with van der Waals surface area (Å²) in [5.74, 6) is -0.319. The van der Waals surface area contributed by atoms with Crippen LogP contribution in [0.4, 0.5) is 15.8 Å². The summed E-state index contributed by atoms with van der Waals surface area (Å²) in [6.07, 6.45) is 2.54. The molecule has 0 spiro atoms. The Kier molecular flexibility index (Phi) is 5.91. The SMILES string of the molecule is Cc1cc(F)cc(-c2nnc3ccc(-c4nccc(C#N)c4N)cc3c2N2CCC3NCCOC3C2)c1. The highest BCUT2D eigenvalue weighted by Crippen LogP contribution is 2.39. The molecule has 2 aliphatic rings. The van der Waals surface area contributed by atoms with E-state index in [4.69, 9.17) is 10.5 Å². The average Bonchev–Trinajstić information content (AvgIpc) is 2.91. The van der Waals surface area contributed by atoms with Crippen molar-refractivity contribution in [1.29, 1.82) is 5.26 Å². The van der Waals surface area contributed by atoms with Gasteiger partial charge in [0.05, 0.1) is 40.9 Å². The maximum absolute atomic E-state index is 14.5. The highest BCUT2D eigenvalue weighted by atomic mass is 19.1. The fourth-order valence-corrected chi connectivity index (χ4v) is 5.40. The van der Waals surface area contributed by atoms with Gasteiger partial charge in [0.15, 0.2) is 0 Å². The minimum Gasteiger partial charge on any atom is -0.396 e. The van der Waals surface area contributed by atoms with Crippen molar-refractivity contribution < 1.29 is 9.13 Å². The summed E-state index contributed by atoms with van der Waals surface area (Å²) in [4.78, 5) is 6.73. The second kappa shape index (κ2) is 9.39. The summed E-state index contributed by atoms with van der Waals surface area (Å²) < 4.78 is 20.6. The van der Waals surface area contributed by atoms with E-state index >= 15 is 0 Å². The van der Waals surface area contributed by atoms with Crippen molar-refractivity contribution in [3.8, 4) is 28.6 Å². The van der Waals surface area contributed by atoms with Crippen LogP contribution in [0.5, 0.6) is 0 Å². The van der Waals surface area contributed by atoms with Gasteiger partial charge in [-0.25, -0.2) is 4.39 Å². The van der Waals surface area contributed by atoms with Gasteiger partial charge in [-0.05, 0) is 55.3 Å². The minimum absolute atomic E-state index is 0.0422. The van der Waals surface area contributed by atoms with Crippen LogP contribution in [0.25, 0.3) is 33.4 Å². The van der Waals surface area contributed by atoms with Crippen molar-refractivity contribution >= 4 is 22.3 Å². The van der Waals surface area contributed by atoms with Crippen LogP contribution in [0.1, 0.15) is 17.5 Å². The van der Waals surface area contributed by atoms with Crippen LogP contribution in [0, 0.1) is 24.1 Å². The van der Waals surface area contributed by atoms with Crippen LogP contribution >= 0.6 is 0 Å². The number of fused-ring (bicyclic) bond motifs is 2. The molecule has 0 aliphatic carbocycles. The van der Waals surface area contributed by atoms with Crippen molar-refractivity contribution in [2.45, 2.75) is 25.5 Å². The molecule has 2 saturated heterocycles. The lowest BCUT2D eigenvalue weighted by Gasteiger charge is -2.43. The van der Waals surface area contributed by atoms with E-state index in [-0.39, 0.29) is 11.9 Å². The maximum Gasteiger partial charge on any atom is 0.124 e. The largest absolute Gasteiger partial charge is 0.396 e. The van der Waals surface area contributed by atoms with Crippen LogP contribution in [-0.2, 0) is 4.74 Å².